The van der Waals surface area contributed by atoms with Crippen LogP contribution in [0.25, 0.3) is 0 Å². The van der Waals surface area contributed by atoms with Gasteiger partial charge in [-0.1, -0.05) is 29.8 Å². The van der Waals surface area contributed by atoms with Gasteiger partial charge in [-0.05, 0) is 24.5 Å². The highest BCUT2D eigenvalue weighted by atomic mass is 35.5. The first-order valence-electron chi connectivity index (χ1n) is 7.70. The van der Waals surface area contributed by atoms with Crippen LogP contribution in [-0.4, -0.2) is 28.9 Å². The standard InChI is InChI=1S/C17H20ClN3O2/c1-21-12-13(11-20-21)10-19-16(22)17(6-8-23-9-7-17)14-4-2-3-5-15(14)18/h2-5,11-12H,6-10H2,1H3,(H,19,22). The summed E-state index contributed by atoms with van der Waals surface area (Å²) in [5.74, 6) is -0.00208. The summed E-state index contributed by atoms with van der Waals surface area (Å²) in [4.78, 5) is 13.0. The zero-order valence-electron chi connectivity index (χ0n) is 13.1. The first-order valence-corrected chi connectivity index (χ1v) is 8.08. The van der Waals surface area contributed by atoms with Gasteiger partial charge in [0.1, 0.15) is 0 Å². The summed E-state index contributed by atoms with van der Waals surface area (Å²) in [6, 6.07) is 7.58. The summed E-state index contributed by atoms with van der Waals surface area (Å²) in [6.07, 6.45) is 4.92. The molecule has 2 aromatic rings. The monoisotopic (exact) mass is 333 g/mol. The molecule has 1 aromatic heterocycles. The van der Waals surface area contributed by atoms with Crippen molar-refractivity contribution in [2.45, 2.75) is 24.8 Å². The Morgan fingerprint density at radius 2 is 2.13 bits per heavy atom. The molecule has 1 aliphatic heterocycles. The van der Waals surface area contributed by atoms with Gasteiger partial charge in [-0.15, -0.1) is 0 Å². The van der Waals surface area contributed by atoms with E-state index in [1.807, 2.05) is 37.5 Å². The SMILES string of the molecule is Cn1cc(CNC(=O)C2(c3ccccc3Cl)CCOCC2)cn1. The van der Waals surface area contributed by atoms with E-state index in [-0.39, 0.29) is 5.91 Å². The lowest BCUT2D eigenvalue weighted by atomic mass is 9.73. The summed E-state index contributed by atoms with van der Waals surface area (Å²) in [6.45, 7) is 1.58. The molecule has 0 aliphatic carbocycles. The molecule has 0 saturated carbocycles. The lowest BCUT2D eigenvalue weighted by Crippen LogP contribution is -2.48. The Labute approximate surface area is 140 Å². The van der Waals surface area contributed by atoms with Crippen LogP contribution >= 0.6 is 11.6 Å². The number of benzene rings is 1. The minimum absolute atomic E-state index is 0.00208. The summed E-state index contributed by atoms with van der Waals surface area (Å²) in [5, 5.41) is 7.79. The largest absolute Gasteiger partial charge is 0.381 e. The van der Waals surface area contributed by atoms with Gasteiger partial charge in [0.25, 0.3) is 0 Å². The van der Waals surface area contributed by atoms with Crippen molar-refractivity contribution in [2.24, 2.45) is 7.05 Å². The first kappa shape index (κ1) is 16.0. The van der Waals surface area contributed by atoms with Crippen molar-refractivity contribution in [3.8, 4) is 0 Å². The molecule has 23 heavy (non-hydrogen) atoms. The minimum Gasteiger partial charge on any atom is -0.381 e. The zero-order chi connectivity index (χ0) is 16.3. The van der Waals surface area contributed by atoms with Crippen LogP contribution < -0.4 is 5.32 Å². The fourth-order valence-corrected chi connectivity index (χ4v) is 3.42. The smallest absolute Gasteiger partial charge is 0.231 e. The van der Waals surface area contributed by atoms with E-state index in [0.717, 1.165) is 11.1 Å². The summed E-state index contributed by atoms with van der Waals surface area (Å²) < 4.78 is 7.19. The predicted octanol–water partition coefficient (Wildman–Crippen LogP) is 2.44. The Bertz CT molecular complexity index is 693. The lowest BCUT2D eigenvalue weighted by Gasteiger charge is -2.36. The van der Waals surface area contributed by atoms with E-state index in [1.165, 1.54) is 0 Å². The van der Waals surface area contributed by atoms with Crippen LogP contribution in [0.4, 0.5) is 0 Å². The second-order valence-electron chi connectivity index (χ2n) is 5.88. The normalized spacial score (nSPS) is 17.0. The van der Waals surface area contributed by atoms with Crippen LogP contribution in [0.5, 0.6) is 0 Å². The van der Waals surface area contributed by atoms with Crippen LogP contribution in [0.1, 0.15) is 24.0 Å². The fourth-order valence-electron chi connectivity index (χ4n) is 3.10. The second-order valence-corrected chi connectivity index (χ2v) is 6.29. The van der Waals surface area contributed by atoms with Crippen molar-refractivity contribution in [1.29, 1.82) is 0 Å². The number of aryl methyl sites for hydroxylation is 1. The molecule has 0 unspecified atom stereocenters. The molecule has 2 heterocycles. The van der Waals surface area contributed by atoms with Gasteiger partial charge in [0.15, 0.2) is 0 Å². The Morgan fingerprint density at radius 1 is 1.39 bits per heavy atom. The zero-order valence-corrected chi connectivity index (χ0v) is 13.8. The third kappa shape index (κ3) is 3.26. The van der Waals surface area contributed by atoms with E-state index in [2.05, 4.69) is 10.4 Å². The number of nitrogens with zero attached hydrogens (tertiary/aromatic N) is 2. The van der Waals surface area contributed by atoms with Gasteiger partial charge in [0.05, 0.1) is 11.6 Å². The highest BCUT2D eigenvalue weighted by molar-refractivity contribution is 6.31. The molecule has 5 nitrogen and oxygen atoms in total. The number of hydrogen-bond donors (Lipinski definition) is 1. The molecule has 122 valence electrons. The molecule has 3 rings (SSSR count). The third-order valence-electron chi connectivity index (χ3n) is 4.38. The molecule has 1 amide bonds. The van der Waals surface area contributed by atoms with E-state index >= 15 is 0 Å². The van der Waals surface area contributed by atoms with Crippen LogP contribution in [0.15, 0.2) is 36.7 Å². The van der Waals surface area contributed by atoms with E-state index in [0.29, 0.717) is 37.6 Å². The average Bonchev–Trinajstić information content (AvgIpc) is 2.99. The number of aromatic nitrogens is 2. The van der Waals surface area contributed by atoms with Crippen molar-refractivity contribution >= 4 is 17.5 Å². The van der Waals surface area contributed by atoms with E-state index in [4.69, 9.17) is 16.3 Å². The molecule has 0 spiro atoms. The average molecular weight is 334 g/mol. The Morgan fingerprint density at radius 3 is 2.78 bits per heavy atom. The molecule has 1 aromatic carbocycles. The molecule has 1 aliphatic rings. The van der Waals surface area contributed by atoms with Gasteiger partial charge in [0.2, 0.25) is 5.91 Å². The molecule has 0 atom stereocenters. The molecular formula is C17H20ClN3O2. The highest BCUT2D eigenvalue weighted by Crippen LogP contribution is 2.38. The highest BCUT2D eigenvalue weighted by Gasteiger charge is 2.42. The molecule has 1 fully saturated rings. The Hall–Kier alpha value is -1.85. The molecular weight excluding hydrogens is 314 g/mol. The molecule has 0 bridgehead atoms. The van der Waals surface area contributed by atoms with Crippen molar-refractivity contribution in [3.05, 3.63) is 52.8 Å². The number of carbonyl (C=O) groups excluding carboxylic acids is 1. The van der Waals surface area contributed by atoms with Crippen LogP contribution in [-0.2, 0) is 28.5 Å². The van der Waals surface area contributed by atoms with Gasteiger partial charge in [-0.25, -0.2) is 0 Å². The number of rotatable bonds is 4. The number of hydrogen-bond acceptors (Lipinski definition) is 3. The van der Waals surface area contributed by atoms with Crippen LogP contribution in [0.3, 0.4) is 0 Å². The maximum Gasteiger partial charge on any atom is 0.231 e. The van der Waals surface area contributed by atoms with Crippen molar-refractivity contribution in [1.82, 2.24) is 15.1 Å². The topological polar surface area (TPSA) is 56.2 Å². The quantitative estimate of drug-likeness (QED) is 0.935. The lowest BCUT2D eigenvalue weighted by molar-refractivity contribution is -0.130. The minimum atomic E-state index is -0.626. The first-order chi connectivity index (χ1) is 11.1. The van der Waals surface area contributed by atoms with Gasteiger partial charge >= 0.3 is 0 Å². The molecule has 6 heteroatoms. The molecule has 1 N–H and O–H groups in total. The number of carbonyl (C=O) groups is 1. The van der Waals surface area contributed by atoms with Crippen LogP contribution in [0.2, 0.25) is 5.02 Å². The van der Waals surface area contributed by atoms with Gasteiger partial charge in [-0.3, -0.25) is 9.48 Å². The maximum atomic E-state index is 13.0. The molecule has 0 radical (unpaired) electrons. The Balaban J connectivity index is 1.83. The second kappa shape index (κ2) is 6.72. The molecule has 1 saturated heterocycles. The predicted molar refractivity (Wildman–Crippen MR) is 88.2 cm³/mol. The van der Waals surface area contributed by atoms with Crippen molar-refractivity contribution < 1.29 is 9.53 Å². The number of halogens is 1. The van der Waals surface area contributed by atoms with E-state index < -0.39 is 5.41 Å². The summed E-state index contributed by atoms with van der Waals surface area (Å²) in [7, 11) is 1.86. The summed E-state index contributed by atoms with van der Waals surface area (Å²) >= 11 is 6.38. The number of ether oxygens (including phenoxy) is 1. The summed E-state index contributed by atoms with van der Waals surface area (Å²) in [5.41, 5.74) is 1.23. The maximum absolute atomic E-state index is 13.0. The number of amides is 1. The van der Waals surface area contributed by atoms with E-state index in [9.17, 15) is 4.79 Å². The van der Waals surface area contributed by atoms with Crippen LogP contribution in [0, 0.1) is 0 Å². The van der Waals surface area contributed by atoms with Gasteiger partial charge < -0.3 is 10.1 Å². The number of nitrogens with one attached hydrogen (secondary N) is 1. The van der Waals surface area contributed by atoms with Gasteiger partial charge in [-0.2, -0.15) is 5.10 Å². The van der Waals surface area contributed by atoms with Crippen molar-refractivity contribution in [2.75, 3.05) is 13.2 Å². The van der Waals surface area contributed by atoms with Gasteiger partial charge in [0, 0.05) is 43.6 Å². The Kier molecular flexibility index (Phi) is 4.68. The van der Waals surface area contributed by atoms with E-state index in [1.54, 1.807) is 10.9 Å². The van der Waals surface area contributed by atoms with Crippen molar-refractivity contribution in [3.63, 3.8) is 0 Å². The fraction of sp³-hybridized carbons (Fsp3) is 0.412. The third-order valence-corrected chi connectivity index (χ3v) is 4.71.